The second-order valence-electron chi connectivity index (χ2n) is 4.12. The van der Waals surface area contributed by atoms with Crippen LogP contribution in [0, 0.1) is 0 Å². The van der Waals surface area contributed by atoms with E-state index in [1.807, 2.05) is 32.1 Å². The second-order valence-corrected chi connectivity index (χ2v) is 5.14. The smallest absolute Gasteiger partial charge is 0.119 e. The molecular weight excluding hydrogens is 288 g/mol. The van der Waals surface area contributed by atoms with Crippen LogP contribution in [-0.4, -0.2) is 44.3 Å². The van der Waals surface area contributed by atoms with Gasteiger partial charge in [-0.15, -0.1) is 0 Å². The van der Waals surface area contributed by atoms with Gasteiger partial charge in [0.1, 0.15) is 6.61 Å². The highest BCUT2D eigenvalue weighted by Crippen LogP contribution is 2.12. The molecular formula is C15H26N2O3S. The van der Waals surface area contributed by atoms with Crippen LogP contribution in [0.15, 0.2) is 40.4 Å². The van der Waals surface area contributed by atoms with Crippen LogP contribution in [0.25, 0.3) is 0 Å². The summed E-state index contributed by atoms with van der Waals surface area (Å²) in [7, 11) is 1.66. The molecule has 0 aliphatic rings. The Balaban J connectivity index is 4.24. The van der Waals surface area contributed by atoms with Gasteiger partial charge >= 0.3 is 0 Å². The number of hydrogen-bond acceptors (Lipinski definition) is 6. The lowest BCUT2D eigenvalue weighted by Crippen LogP contribution is -2.08. The van der Waals surface area contributed by atoms with Crippen LogP contribution in [-0.2, 0) is 9.57 Å². The molecule has 0 rings (SSSR count). The molecule has 0 aromatic rings. The van der Waals surface area contributed by atoms with E-state index < -0.39 is 0 Å². The van der Waals surface area contributed by atoms with Crippen LogP contribution in [0.5, 0.6) is 0 Å². The lowest BCUT2D eigenvalue weighted by molar-refractivity contribution is 0.109. The number of nitrogens with zero attached hydrogens (tertiary/aromatic N) is 1. The standard InChI is InChI=1S/C15H26N2O3S/c1-5-15(8-7-13(2)21-16-9-10-18)14(3)17-20-12-6-11-19-4/h5,7-8,16,18H,2,6,9-12H2,1,3-4H3/b8-7-,15-5+,17-14-. The van der Waals surface area contributed by atoms with Crippen LogP contribution in [0.3, 0.4) is 0 Å². The maximum Gasteiger partial charge on any atom is 0.119 e. The summed E-state index contributed by atoms with van der Waals surface area (Å²) in [5.74, 6) is 0. The first-order valence-electron chi connectivity index (χ1n) is 6.85. The van der Waals surface area contributed by atoms with E-state index in [4.69, 9.17) is 14.7 Å². The molecule has 120 valence electrons. The van der Waals surface area contributed by atoms with E-state index in [0.29, 0.717) is 19.8 Å². The molecule has 0 aromatic heterocycles. The summed E-state index contributed by atoms with van der Waals surface area (Å²) in [5, 5.41) is 12.8. The van der Waals surface area contributed by atoms with Gasteiger partial charge in [0, 0.05) is 31.6 Å². The first kappa shape index (κ1) is 19.9. The highest BCUT2D eigenvalue weighted by atomic mass is 32.2. The molecule has 0 aromatic carbocycles. The van der Waals surface area contributed by atoms with Crippen LogP contribution < -0.4 is 4.72 Å². The monoisotopic (exact) mass is 314 g/mol. The largest absolute Gasteiger partial charge is 0.395 e. The van der Waals surface area contributed by atoms with E-state index in [-0.39, 0.29) is 6.61 Å². The first-order chi connectivity index (χ1) is 10.2. The van der Waals surface area contributed by atoms with Crippen molar-refractivity contribution < 1.29 is 14.7 Å². The Morgan fingerprint density at radius 2 is 2.14 bits per heavy atom. The zero-order valence-electron chi connectivity index (χ0n) is 13.1. The lowest BCUT2D eigenvalue weighted by Gasteiger charge is -2.04. The second kappa shape index (κ2) is 13.9. The third-order valence-electron chi connectivity index (χ3n) is 2.38. The Hall–Kier alpha value is -1.08. The Morgan fingerprint density at radius 1 is 1.38 bits per heavy atom. The Bertz CT molecular complexity index is 379. The van der Waals surface area contributed by atoms with Crippen LogP contribution >= 0.6 is 11.9 Å². The van der Waals surface area contributed by atoms with Gasteiger partial charge in [-0.1, -0.05) is 23.9 Å². The quantitative estimate of drug-likeness (QED) is 0.191. The zero-order valence-corrected chi connectivity index (χ0v) is 13.9. The average molecular weight is 314 g/mol. The van der Waals surface area contributed by atoms with Gasteiger partial charge in [-0.2, -0.15) is 0 Å². The predicted octanol–water partition coefficient (Wildman–Crippen LogP) is 2.66. The van der Waals surface area contributed by atoms with E-state index in [2.05, 4.69) is 16.5 Å². The zero-order chi connectivity index (χ0) is 15.9. The van der Waals surface area contributed by atoms with Crippen molar-refractivity contribution in [2.45, 2.75) is 20.3 Å². The molecule has 0 saturated carbocycles. The van der Waals surface area contributed by atoms with Gasteiger partial charge in [-0.3, -0.25) is 4.72 Å². The van der Waals surface area contributed by atoms with E-state index >= 15 is 0 Å². The van der Waals surface area contributed by atoms with Crippen LogP contribution in [0.1, 0.15) is 20.3 Å². The van der Waals surface area contributed by atoms with Gasteiger partial charge in [0.15, 0.2) is 0 Å². The molecule has 0 fully saturated rings. The summed E-state index contributed by atoms with van der Waals surface area (Å²) in [6.45, 7) is 9.60. The van der Waals surface area contributed by atoms with Gasteiger partial charge in [0.05, 0.1) is 12.3 Å². The summed E-state index contributed by atoms with van der Waals surface area (Å²) in [5.41, 5.74) is 1.79. The van der Waals surface area contributed by atoms with Crippen molar-refractivity contribution in [3.05, 3.63) is 35.3 Å². The molecule has 0 unspecified atom stereocenters. The molecule has 0 heterocycles. The van der Waals surface area contributed by atoms with Gasteiger partial charge in [-0.25, -0.2) is 0 Å². The van der Waals surface area contributed by atoms with Crippen molar-refractivity contribution in [3.63, 3.8) is 0 Å². The van der Waals surface area contributed by atoms with Crippen molar-refractivity contribution in [3.8, 4) is 0 Å². The predicted molar refractivity (Wildman–Crippen MR) is 90.3 cm³/mol. The summed E-state index contributed by atoms with van der Waals surface area (Å²) < 4.78 is 7.93. The van der Waals surface area contributed by atoms with Crippen molar-refractivity contribution in [1.29, 1.82) is 0 Å². The maximum absolute atomic E-state index is 8.67. The van der Waals surface area contributed by atoms with Gasteiger partial charge in [0.2, 0.25) is 0 Å². The number of aliphatic hydroxyl groups is 1. The Labute approximate surface area is 131 Å². The molecule has 0 bridgehead atoms. The molecule has 0 aliphatic heterocycles. The normalized spacial score (nSPS) is 13.0. The molecule has 0 amide bonds. The number of aliphatic hydroxyl groups excluding tert-OH is 1. The van der Waals surface area contributed by atoms with Crippen LogP contribution in [0.4, 0.5) is 0 Å². The number of rotatable bonds is 12. The fraction of sp³-hybridized carbons (Fsp3) is 0.533. The fourth-order valence-corrected chi connectivity index (χ4v) is 1.81. The number of methoxy groups -OCH3 is 1. The Morgan fingerprint density at radius 3 is 2.76 bits per heavy atom. The molecule has 0 spiro atoms. The van der Waals surface area contributed by atoms with Crippen molar-refractivity contribution >= 4 is 17.7 Å². The molecule has 6 heteroatoms. The topological polar surface area (TPSA) is 63.1 Å². The third-order valence-corrected chi connectivity index (χ3v) is 3.13. The average Bonchev–Trinajstić information content (AvgIpc) is 2.48. The summed E-state index contributed by atoms with van der Waals surface area (Å²) in [6.07, 6.45) is 6.62. The fourth-order valence-electron chi connectivity index (χ4n) is 1.29. The number of hydrogen-bond donors (Lipinski definition) is 2. The summed E-state index contributed by atoms with van der Waals surface area (Å²) >= 11 is 1.39. The molecule has 21 heavy (non-hydrogen) atoms. The number of oxime groups is 1. The van der Waals surface area contributed by atoms with E-state index in [9.17, 15) is 0 Å². The number of ether oxygens (including phenoxy) is 1. The first-order valence-corrected chi connectivity index (χ1v) is 7.67. The Kier molecular flexibility index (Phi) is 13.2. The van der Waals surface area contributed by atoms with E-state index in [1.54, 1.807) is 7.11 Å². The van der Waals surface area contributed by atoms with Crippen molar-refractivity contribution in [2.24, 2.45) is 5.16 Å². The minimum atomic E-state index is 0.107. The maximum atomic E-state index is 8.67. The molecule has 0 atom stereocenters. The molecule has 2 N–H and O–H groups in total. The molecule has 5 nitrogen and oxygen atoms in total. The minimum absolute atomic E-state index is 0.107. The van der Waals surface area contributed by atoms with Gasteiger partial charge < -0.3 is 14.7 Å². The number of nitrogens with one attached hydrogen (secondary N) is 1. The van der Waals surface area contributed by atoms with Crippen molar-refractivity contribution in [1.82, 2.24) is 4.72 Å². The molecule has 0 radical (unpaired) electrons. The highest BCUT2D eigenvalue weighted by molar-refractivity contribution is 8.01. The number of allylic oxidation sites excluding steroid dienone is 4. The molecule has 0 aliphatic carbocycles. The van der Waals surface area contributed by atoms with E-state index in [0.717, 1.165) is 22.6 Å². The summed E-state index contributed by atoms with van der Waals surface area (Å²) in [6, 6.07) is 0. The SMILES string of the molecule is C=C(\C=C/C(=C\C)C(/C)=N\OCCCOC)SNCCO. The summed E-state index contributed by atoms with van der Waals surface area (Å²) in [4.78, 5) is 6.09. The van der Waals surface area contributed by atoms with E-state index in [1.165, 1.54) is 11.9 Å². The van der Waals surface area contributed by atoms with Gasteiger partial charge in [-0.05, 0) is 37.4 Å². The van der Waals surface area contributed by atoms with Crippen molar-refractivity contribution in [2.75, 3.05) is 33.5 Å². The highest BCUT2D eigenvalue weighted by Gasteiger charge is 1.98. The lowest BCUT2D eigenvalue weighted by atomic mass is 10.1. The third kappa shape index (κ3) is 11.3. The van der Waals surface area contributed by atoms with Gasteiger partial charge in [0.25, 0.3) is 0 Å². The molecule has 0 saturated heterocycles. The minimum Gasteiger partial charge on any atom is -0.395 e. The van der Waals surface area contributed by atoms with Crippen LogP contribution in [0.2, 0.25) is 0 Å².